The van der Waals surface area contributed by atoms with Crippen LogP contribution in [0.2, 0.25) is 0 Å². The van der Waals surface area contributed by atoms with E-state index in [0.29, 0.717) is 6.26 Å². The Morgan fingerprint density at radius 2 is 1.94 bits per heavy atom. The Balaban J connectivity index is 2.83. The molecule has 0 amide bonds. The van der Waals surface area contributed by atoms with Crippen molar-refractivity contribution < 1.29 is 18.3 Å². The van der Waals surface area contributed by atoms with Gasteiger partial charge in [0.25, 0.3) is 10.0 Å². The highest BCUT2D eigenvalue weighted by atomic mass is 32.2. The molecular weight excluding hydrogens is 230 g/mol. The van der Waals surface area contributed by atoms with E-state index < -0.39 is 15.8 Å². The number of carbonyl (C=O) groups is 1. The number of sulfonamides is 1. The van der Waals surface area contributed by atoms with Crippen LogP contribution in [-0.4, -0.2) is 30.7 Å². The van der Waals surface area contributed by atoms with E-state index in [1.165, 1.54) is 19.2 Å². The Kier molecular flexibility index (Phi) is 2.23. The number of hydrogen-bond acceptors (Lipinski definition) is 4. The van der Waals surface area contributed by atoms with Gasteiger partial charge in [-0.15, -0.1) is 0 Å². The molecule has 1 aliphatic heterocycles. The summed E-state index contributed by atoms with van der Waals surface area (Å²) in [5.41, 5.74) is -0.167. The molecule has 0 saturated carbocycles. The van der Waals surface area contributed by atoms with Crippen LogP contribution in [0.1, 0.15) is 10.4 Å². The first kappa shape index (κ1) is 10.7. The monoisotopic (exact) mass is 239 g/mol. The lowest BCUT2D eigenvalue weighted by molar-refractivity contribution is 0.100. The molecule has 0 spiro atoms. The van der Waals surface area contributed by atoms with Gasteiger partial charge in [-0.2, -0.15) is 0 Å². The maximum atomic E-state index is 11.9. The van der Waals surface area contributed by atoms with Gasteiger partial charge in [0.1, 0.15) is 12.0 Å². The van der Waals surface area contributed by atoms with Crippen molar-refractivity contribution in [1.29, 1.82) is 0 Å². The molecule has 0 aliphatic carbocycles. The second-order valence-corrected chi connectivity index (χ2v) is 5.25. The van der Waals surface area contributed by atoms with Crippen molar-refractivity contribution in [2.45, 2.75) is 4.90 Å². The van der Waals surface area contributed by atoms with Gasteiger partial charge >= 0.3 is 0 Å². The van der Waals surface area contributed by atoms with Crippen molar-refractivity contribution >= 4 is 15.8 Å². The van der Waals surface area contributed by atoms with Crippen LogP contribution in [0.25, 0.3) is 0 Å². The van der Waals surface area contributed by atoms with E-state index in [4.69, 9.17) is 5.11 Å². The predicted molar refractivity (Wildman–Crippen MR) is 56.4 cm³/mol. The molecule has 1 aromatic carbocycles. The van der Waals surface area contributed by atoms with Gasteiger partial charge in [0.05, 0.1) is 4.90 Å². The van der Waals surface area contributed by atoms with Gasteiger partial charge in [0, 0.05) is 12.6 Å². The highest BCUT2D eigenvalue weighted by Crippen LogP contribution is 2.30. The summed E-state index contributed by atoms with van der Waals surface area (Å²) in [6, 6.07) is 5.91. The van der Waals surface area contributed by atoms with Crippen LogP contribution in [-0.2, 0) is 10.0 Å². The third-order valence-electron chi connectivity index (χ3n) is 2.46. The van der Waals surface area contributed by atoms with Gasteiger partial charge in [-0.05, 0) is 12.1 Å². The molecular formula is C10H9NO4S. The number of hydrogen-bond donors (Lipinski definition) is 1. The lowest BCUT2D eigenvalue weighted by Crippen LogP contribution is -2.36. The fourth-order valence-electron chi connectivity index (χ4n) is 1.58. The summed E-state index contributed by atoms with van der Waals surface area (Å²) in [5.74, 6) is -0.504. The van der Waals surface area contributed by atoms with E-state index >= 15 is 0 Å². The molecule has 0 fully saturated rings. The summed E-state index contributed by atoms with van der Waals surface area (Å²) in [4.78, 5) is 11.8. The molecule has 1 N–H and O–H groups in total. The van der Waals surface area contributed by atoms with E-state index in [1.54, 1.807) is 12.1 Å². The molecule has 2 rings (SSSR count). The number of nitrogens with zero attached hydrogens (tertiary/aromatic N) is 1. The van der Waals surface area contributed by atoms with Crippen LogP contribution in [0.4, 0.5) is 0 Å². The molecule has 16 heavy (non-hydrogen) atoms. The molecule has 5 nitrogen and oxygen atoms in total. The predicted octanol–water partition coefficient (Wildman–Crippen LogP) is 0.903. The molecule has 1 aliphatic rings. The first-order chi connectivity index (χ1) is 7.50. The lowest BCUT2D eigenvalue weighted by Gasteiger charge is -2.26. The summed E-state index contributed by atoms with van der Waals surface area (Å²) in [7, 11) is -2.50. The number of Topliss-reactive ketones (excluding diaryl/α,β-unsaturated/α-hetero) is 1. The fourth-order valence-corrected chi connectivity index (χ4v) is 2.95. The number of carbonyl (C=O) groups excluding carboxylic acids is 1. The summed E-state index contributed by atoms with van der Waals surface area (Å²) >= 11 is 0. The van der Waals surface area contributed by atoms with E-state index in [9.17, 15) is 13.2 Å². The van der Waals surface area contributed by atoms with Gasteiger partial charge in [0.2, 0.25) is 5.78 Å². The maximum absolute atomic E-state index is 11.9. The Morgan fingerprint density at radius 3 is 2.56 bits per heavy atom. The van der Waals surface area contributed by atoms with Crippen molar-refractivity contribution in [3.05, 3.63) is 41.8 Å². The zero-order valence-electron chi connectivity index (χ0n) is 8.41. The Hall–Kier alpha value is -1.82. The normalized spacial score (nSPS) is 20.9. The Bertz CT molecular complexity index is 589. The van der Waals surface area contributed by atoms with Crippen molar-refractivity contribution in [3.63, 3.8) is 0 Å². The molecule has 1 aromatic rings. The second kappa shape index (κ2) is 3.34. The van der Waals surface area contributed by atoms with Crippen LogP contribution >= 0.6 is 0 Å². The van der Waals surface area contributed by atoms with Crippen molar-refractivity contribution in [3.8, 4) is 0 Å². The summed E-state index contributed by atoms with van der Waals surface area (Å²) in [5, 5.41) is 8.90. The van der Waals surface area contributed by atoms with Gasteiger partial charge in [0.15, 0.2) is 0 Å². The maximum Gasteiger partial charge on any atom is 0.265 e. The van der Waals surface area contributed by atoms with Crippen LogP contribution in [0.5, 0.6) is 0 Å². The number of likely N-dealkylation sites (N-methyl/N-ethyl adjacent to an activating group) is 1. The van der Waals surface area contributed by atoms with Crippen molar-refractivity contribution in [2.24, 2.45) is 0 Å². The van der Waals surface area contributed by atoms with Gasteiger partial charge < -0.3 is 5.11 Å². The fraction of sp³-hybridized carbons (Fsp3) is 0.100. The highest BCUT2D eigenvalue weighted by Gasteiger charge is 2.36. The van der Waals surface area contributed by atoms with Gasteiger partial charge in [-0.3, -0.25) is 9.10 Å². The summed E-state index contributed by atoms with van der Waals surface area (Å²) in [6.07, 6.45) is 0.510. The SMILES string of the molecule is CN1C(=CO)C(=O)c2ccccc2S1(=O)=O. The molecule has 1 heterocycles. The van der Waals surface area contributed by atoms with Crippen molar-refractivity contribution in [2.75, 3.05) is 7.05 Å². The molecule has 0 radical (unpaired) electrons. The van der Waals surface area contributed by atoms with Crippen LogP contribution < -0.4 is 0 Å². The quantitative estimate of drug-likeness (QED) is 0.539. The lowest BCUT2D eigenvalue weighted by atomic mass is 10.1. The molecule has 0 aromatic heterocycles. The third kappa shape index (κ3) is 1.23. The van der Waals surface area contributed by atoms with Gasteiger partial charge in [-0.25, -0.2) is 8.42 Å². The number of allylic oxidation sites excluding steroid dienone is 1. The van der Waals surface area contributed by atoms with E-state index in [2.05, 4.69) is 0 Å². The van der Waals surface area contributed by atoms with Gasteiger partial charge in [-0.1, -0.05) is 12.1 Å². The van der Waals surface area contributed by atoms with Crippen LogP contribution in [0, 0.1) is 0 Å². The number of rotatable bonds is 0. The molecule has 0 unspecified atom stereocenters. The first-order valence-electron chi connectivity index (χ1n) is 4.47. The number of benzene rings is 1. The minimum Gasteiger partial charge on any atom is -0.513 e. The van der Waals surface area contributed by atoms with Crippen LogP contribution in [0.15, 0.2) is 41.1 Å². The number of aliphatic hydroxyl groups is 1. The number of aliphatic hydroxyl groups excluding tert-OH is 1. The second-order valence-electron chi connectivity index (χ2n) is 3.31. The summed E-state index contributed by atoms with van der Waals surface area (Å²) in [6.45, 7) is 0. The van der Waals surface area contributed by atoms with E-state index in [0.717, 1.165) is 4.31 Å². The van der Waals surface area contributed by atoms with Crippen molar-refractivity contribution in [1.82, 2.24) is 4.31 Å². The largest absolute Gasteiger partial charge is 0.513 e. The minimum absolute atomic E-state index is 0.0342. The average Bonchev–Trinajstić information content (AvgIpc) is 2.28. The third-order valence-corrected chi connectivity index (χ3v) is 4.29. The highest BCUT2D eigenvalue weighted by molar-refractivity contribution is 7.89. The average molecular weight is 239 g/mol. The minimum atomic E-state index is -3.73. The van der Waals surface area contributed by atoms with E-state index in [-0.39, 0.29) is 16.2 Å². The number of fused-ring (bicyclic) bond motifs is 1. The topological polar surface area (TPSA) is 74.7 Å². The number of ketones is 1. The zero-order valence-corrected chi connectivity index (χ0v) is 9.23. The molecule has 0 atom stereocenters. The van der Waals surface area contributed by atoms with Crippen LogP contribution in [0.3, 0.4) is 0 Å². The molecule has 84 valence electrons. The Labute approximate surface area is 92.7 Å². The Morgan fingerprint density at radius 1 is 1.31 bits per heavy atom. The molecule has 0 saturated heterocycles. The summed E-state index contributed by atoms with van der Waals surface area (Å²) < 4.78 is 24.7. The standard InChI is InChI=1S/C10H9NO4S/c1-11-8(6-12)10(13)7-4-2-3-5-9(7)16(11,14)15/h2-6,12H,1H3. The molecule has 6 heteroatoms. The zero-order chi connectivity index (χ0) is 11.9. The van der Waals surface area contributed by atoms with E-state index in [1.807, 2.05) is 0 Å². The smallest absolute Gasteiger partial charge is 0.265 e. The first-order valence-corrected chi connectivity index (χ1v) is 5.91. The molecule has 0 bridgehead atoms.